The van der Waals surface area contributed by atoms with E-state index in [1.54, 1.807) is 5.57 Å². The highest BCUT2D eigenvalue weighted by Gasteiger charge is 2.58. The molecule has 0 amide bonds. The molecule has 2 aromatic rings. The number of fused-ring (bicyclic) bond motifs is 6. The minimum atomic E-state index is -0.0457. The van der Waals surface area contributed by atoms with Crippen molar-refractivity contribution in [3.8, 4) is 0 Å². The molecule has 2 nitrogen and oxygen atoms in total. The van der Waals surface area contributed by atoms with Gasteiger partial charge in [0.2, 0.25) is 0 Å². The average Bonchev–Trinajstić information content (AvgIpc) is 3.11. The first-order valence-corrected chi connectivity index (χ1v) is 12.2. The lowest BCUT2D eigenvalue weighted by molar-refractivity contribution is -0.115. The Morgan fingerprint density at radius 3 is 2.77 bits per heavy atom. The molecular formula is C28H35NO. The van der Waals surface area contributed by atoms with Crippen LogP contribution in [-0.4, -0.2) is 16.2 Å². The summed E-state index contributed by atoms with van der Waals surface area (Å²) in [6, 6.07) is 9.09. The number of aromatic nitrogens is 1. The van der Waals surface area contributed by atoms with Gasteiger partial charge in [-0.2, -0.15) is 0 Å². The molecule has 0 radical (unpaired) electrons. The lowest BCUT2D eigenvalue weighted by Gasteiger charge is -2.60. The van der Waals surface area contributed by atoms with Gasteiger partial charge in [-0.25, -0.2) is 0 Å². The zero-order chi connectivity index (χ0) is 20.5. The molecule has 0 bridgehead atoms. The molecule has 3 fully saturated rings. The summed E-state index contributed by atoms with van der Waals surface area (Å²) in [5.41, 5.74) is 3.79. The molecule has 1 aromatic heterocycles. The lowest BCUT2D eigenvalue weighted by Crippen LogP contribution is -2.53. The van der Waals surface area contributed by atoms with E-state index in [1.165, 1.54) is 54.9 Å². The largest absolute Gasteiger partial charge is 0.393 e. The molecule has 0 saturated heterocycles. The fraction of sp³-hybridized carbons (Fsp3) is 0.607. The summed E-state index contributed by atoms with van der Waals surface area (Å²) >= 11 is 0. The summed E-state index contributed by atoms with van der Waals surface area (Å²) in [6.07, 6.45) is 16.4. The molecule has 2 heteroatoms. The van der Waals surface area contributed by atoms with Crippen molar-refractivity contribution < 1.29 is 5.11 Å². The Balaban J connectivity index is 1.32. The molecule has 1 aromatic carbocycles. The highest BCUT2D eigenvalue weighted by atomic mass is 16.3. The third-order valence-corrected chi connectivity index (χ3v) is 10.2. The smallest absolute Gasteiger partial charge is 0.0543 e. The van der Waals surface area contributed by atoms with Gasteiger partial charge in [-0.05, 0) is 115 Å². The van der Waals surface area contributed by atoms with Gasteiger partial charge >= 0.3 is 0 Å². The van der Waals surface area contributed by atoms with Gasteiger partial charge < -0.3 is 5.11 Å². The van der Waals surface area contributed by atoms with E-state index in [4.69, 9.17) is 0 Å². The van der Waals surface area contributed by atoms with Crippen molar-refractivity contribution in [2.24, 2.45) is 34.5 Å². The van der Waals surface area contributed by atoms with E-state index in [9.17, 15) is 5.11 Å². The first-order chi connectivity index (χ1) is 14.5. The van der Waals surface area contributed by atoms with E-state index in [2.05, 4.69) is 49.2 Å². The molecule has 1 heterocycles. The van der Waals surface area contributed by atoms with Crippen LogP contribution in [0.4, 0.5) is 0 Å². The van der Waals surface area contributed by atoms with Gasteiger partial charge in [0.25, 0.3) is 0 Å². The zero-order valence-electron chi connectivity index (χ0n) is 18.5. The Bertz CT molecular complexity index is 1010. The molecule has 158 valence electrons. The first kappa shape index (κ1) is 19.0. The monoisotopic (exact) mass is 401 g/mol. The van der Waals surface area contributed by atoms with Crippen LogP contribution >= 0.6 is 0 Å². The minimum absolute atomic E-state index is 0.0457. The van der Waals surface area contributed by atoms with Crippen LogP contribution in [0.25, 0.3) is 16.3 Å². The van der Waals surface area contributed by atoms with Crippen LogP contribution in [0.2, 0.25) is 0 Å². The quantitative estimate of drug-likeness (QED) is 0.581. The molecular weight excluding hydrogens is 366 g/mol. The van der Waals surface area contributed by atoms with Crippen LogP contribution in [0.5, 0.6) is 0 Å². The molecule has 4 aliphatic carbocycles. The molecule has 6 rings (SSSR count). The van der Waals surface area contributed by atoms with E-state index in [1.807, 2.05) is 12.4 Å². The molecule has 1 N–H and O–H groups in total. The fourth-order valence-corrected chi connectivity index (χ4v) is 8.50. The Kier molecular flexibility index (Phi) is 4.23. The van der Waals surface area contributed by atoms with Gasteiger partial charge in [0, 0.05) is 17.8 Å². The summed E-state index contributed by atoms with van der Waals surface area (Å²) in [4.78, 5) is 4.35. The van der Waals surface area contributed by atoms with Crippen molar-refractivity contribution in [1.29, 1.82) is 0 Å². The molecule has 0 unspecified atom stereocenters. The number of allylic oxidation sites excluding steroid dienone is 2. The maximum absolute atomic E-state index is 10.3. The van der Waals surface area contributed by atoms with Crippen LogP contribution in [0.1, 0.15) is 70.8 Å². The highest BCUT2D eigenvalue weighted by molar-refractivity contribution is 5.86. The van der Waals surface area contributed by atoms with Crippen molar-refractivity contribution >= 4 is 16.3 Å². The van der Waals surface area contributed by atoms with Crippen LogP contribution < -0.4 is 0 Å². The number of aliphatic hydroxyl groups is 1. The number of aliphatic hydroxyl groups excluding tert-OH is 1. The van der Waals surface area contributed by atoms with Crippen molar-refractivity contribution in [2.75, 3.05) is 0 Å². The second kappa shape index (κ2) is 6.66. The second-order valence-electron chi connectivity index (χ2n) is 11.3. The Morgan fingerprint density at radius 1 is 0.967 bits per heavy atom. The SMILES string of the molecule is C[C@]12CC[C@@H](O)C[C@@H]1CC[C@@H]1[C@@H]2CC[C@]2(C)C(c3ccc4ccncc4c3)=CC[C@@H]12. The molecule has 4 aliphatic rings. The Morgan fingerprint density at radius 2 is 1.87 bits per heavy atom. The van der Waals surface area contributed by atoms with Gasteiger partial charge in [-0.1, -0.05) is 32.1 Å². The van der Waals surface area contributed by atoms with Gasteiger partial charge in [0.05, 0.1) is 6.10 Å². The Hall–Kier alpha value is -1.67. The van der Waals surface area contributed by atoms with Crippen molar-refractivity contribution in [2.45, 2.75) is 71.3 Å². The number of hydrogen-bond acceptors (Lipinski definition) is 2. The molecule has 30 heavy (non-hydrogen) atoms. The summed E-state index contributed by atoms with van der Waals surface area (Å²) in [7, 11) is 0. The van der Waals surface area contributed by atoms with E-state index >= 15 is 0 Å². The van der Waals surface area contributed by atoms with Crippen LogP contribution in [0.3, 0.4) is 0 Å². The topological polar surface area (TPSA) is 33.1 Å². The third-order valence-electron chi connectivity index (χ3n) is 10.2. The summed E-state index contributed by atoms with van der Waals surface area (Å²) in [6.45, 7) is 5.15. The number of rotatable bonds is 1. The average molecular weight is 402 g/mol. The number of pyridine rings is 1. The Labute approximate surface area is 180 Å². The predicted octanol–water partition coefficient (Wildman–Crippen LogP) is 6.63. The van der Waals surface area contributed by atoms with Crippen molar-refractivity contribution in [1.82, 2.24) is 4.98 Å². The van der Waals surface area contributed by atoms with Crippen molar-refractivity contribution in [3.63, 3.8) is 0 Å². The molecule has 7 atom stereocenters. The van der Waals surface area contributed by atoms with Gasteiger partial charge in [0.1, 0.15) is 0 Å². The van der Waals surface area contributed by atoms with Crippen molar-refractivity contribution in [3.05, 3.63) is 48.3 Å². The van der Waals surface area contributed by atoms with Gasteiger partial charge in [-0.15, -0.1) is 0 Å². The zero-order valence-corrected chi connectivity index (χ0v) is 18.5. The predicted molar refractivity (Wildman–Crippen MR) is 123 cm³/mol. The lowest BCUT2D eigenvalue weighted by atomic mass is 9.44. The fourth-order valence-electron chi connectivity index (χ4n) is 8.50. The summed E-state index contributed by atoms with van der Waals surface area (Å²) in [5.74, 6) is 3.25. The second-order valence-corrected chi connectivity index (χ2v) is 11.3. The van der Waals surface area contributed by atoms with Gasteiger partial charge in [-0.3, -0.25) is 4.98 Å². The molecule has 0 spiro atoms. The van der Waals surface area contributed by atoms with Crippen LogP contribution in [-0.2, 0) is 0 Å². The summed E-state index contributed by atoms with van der Waals surface area (Å²) < 4.78 is 0. The summed E-state index contributed by atoms with van der Waals surface area (Å²) in [5, 5.41) is 12.8. The third kappa shape index (κ3) is 2.62. The standard InChI is InChI=1S/C28H35NO/c1-27-12-9-22(30)16-21(27)5-6-23-25-8-7-24(28(25,2)13-10-26(23)27)19-4-3-18-11-14-29-17-20(18)15-19/h3-4,7,11,14-15,17,21-23,25-26,30H,5-6,8-10,12-13,16H2,1-2H3/t21-,22+,23-,25-,26-,27-,28+/m0/s1. The number of nitrogens with zero attached hydrogens (tertiary/aromatic N) is 1. The number of benzene rings is 1. The van der Waals surface area contributed by atoms with E-state index in [0.717, 1.165) is 36.5 Å². The van der Waals surface area contributed by atoms with Crippen LogP contribution in [0, 0.1) is 34.5 Å². The van der Waals surface area contributed by atoms with E-state index in [0.29, 0.717) is 10.8 Å². The molecule has 3 saturated carbocycles. The first-order valence-electron chi connectivity index (χ1n) is 12.2. The van der Waals surface area contributed by atoms with E-state index < -0.39 is 0 Å². The van der Waals surface area contributed by atoms with E-state index in [-0.39, 0.29) is 6.10 Å². The normalized spacial score (nSPS) is 42.9. The maximum atomic E-state index is 10.3. The van der Waals surface area contributed by atoms with Gasteiger partial charge in [0.15, 0.2) is 0 Å². The number of hydrogen-bond donors (Lipinski definition) is 1. The molecule has 0 aliphatic heterocycles. The maximum Gasteiger partial charge on any atom is 0.0543 e. The minimum Gasteiger partial charge on any atom is -0.393 e. The van der Waals surface area contributed by atoms with Crippen LogP contribution in [0.15, 0.2) is 42.7 Å². The highest BCUT2D eigenvalue weighted by Crippen LogP contribution is 2.67.